The average molecular weight is 298 g/mol. The van der Waals surface area contributed by atoms with Crippen molar-refractivity contribution in [2.45, 2.75) is 46.6 Å². The number of rotatable bonds is 4. The van der Waals surface area contributed by atoms with E-state index < -0.39 is 0 Å². The second-order valence-corrected chi connectivity index (χ2v) is 6.71. The van der Waals surface area contributed by atoms with Crippen molar-refractivity contribution in [3.8, 4) is 0 Å². The van der Waals surface area contributed by atoms with Gasteiger partial charge in [0, 0.05) is 10.5 Å². The number of hydrogen-bond donors (Lipinski definition) is 1. The molecule has 1 N–H and O–H groups in total. The van der Waals surface area contributed by atoms with Gasteiger partial charge in [0.05, 0.1) is 0 Å². The zero-order valence-electron chi connectivity index (χ0n) is 11.6. The van der Waals surface area contributed by atoms with E-state index in [0.717, 1.165) is 0 Å². The molecule has 0 aliphatic carbocycles. The highest BCUT2D eigenvalue weighted by Gasteiger charge is 2.17. The van der Waals surface area contributed by atoms with Crippen molar-refractivity contribution in [2.75, 3.05) is 7.05 Å². The molecule has 0 heterocycles. The Morgan fingerprint density at radius 3 is 2.47 bits per heavy atom. The van der Waals surface area contributed by atoms with Crippen LogP contribution in [0.1, 0.15) is 50.8 Å². The summed E-state index contributed by atoms with van der Waals surface area (Å²) >= 11 is 3.70. The maximum atomic E-state index is 3.70. The fourth-order valence-electron chi connectivity index (χ4n) is 1.97. The van der Waals surface area contributed by atoms with Gasteiger partial charge in [-0.2, -0.15) is 0 Å². The van der Waals surface area contributed by atoms with Crippen LogP contribution in [0.2, 0.25) is 0 Å². The maximum absolute atomic E-state index is 3.70. The molecule has 0 saturated carbocycles. The topological polar surface area (TPSA) is 12.0 Å². The number of aryl methyl sites for hydroxylation is 1. The Balaban J connectivity index is 2.83. The Labute approximate surface area is 114 Å². The van der Waals surface area contributed by atoms with Gasteiger partial charge in [-0.3, -0.25) is 0 Å². The molecule has 0 aliphatic heterocycles. The molecular formula is C15H24BrN. The summed E-state index contributed by atoms with van der Waals surface area (Å²) in [4.78, 5) is 0. The highest BCUT2D eigenvalue weighted by atomic mass is 79.9. The molecule has 96 valence electrons. The monoisotopic (exact) mass is 297 g/mol. The van der Waals surface area contributed by atoms with Crippen LogP contribution in [-0.4, -0.2) is 7.05 Å². The van der Waals surface area contributed by atoms with Gasteiger partial charge in [0.25, 0.3) is 0 Å². The molecule has 0 spiro atoms. The van der Waals surface area contributed by atoms with Crippen LogP contribution in [0.25, 0.3) is 0 Å². The van der Waals surface area contributed by atoms with Gasteiger partial charge in [-0.25, -0.2) is 0 Å². The van der Waals surface area contributed by atoms with Crippen molar-refractivity contribution in [3.05, 3.63) is 33.8 Å². The van der Waals surface area contributed by atoms with Gasteiger partial charge in [-0.1, -0.05) is 54.9 Å². The third kappa shape index (κ3) is 4.44. The third-order valence-electron chi connectivity index (χ3n) is 3.13. The smallest absolute Gasteiger partial charge is 0.0329 e. The van der Waals surface area contributed by atoms with Gasteiger partial charge in [-0.05, 0) is 43.4 Å². The summed E-state index contributed by atoms with van der Waals surface area (Å²) in [6, 6.07) is 6.92. The fourth-order valence-corrected chi connectivity index (χ4v) is 2.51. The molecule has 1 aromatic carbocycles. The van der Waals surface area contributed by atoms with E-state index in [4.69, 9.17) is 0 Å². The standard InChI is InChI=1S/C15H24BrN/c1-11-7-6-8-12(14(11)16)13(17-5)9-10-15(2,3)4/h6-8,13,17H,9-10H2,1-5H3. The number of hydrogen-bond acceptors (Lipinski definition) is 1. The summed E-state index contributed by atoms with van der Waals surface area (Å²) < 4.78 is 1.24. The van der Waals surface area contributed by atoms with Gasteiger partial charge >= 0.3 is 0 Å². The van der Waals surface area contributed by atoms with Crippen molar-refractivity contribution < 1.29 is 0 Å². The van der Waals surface area contributed by atoms with E-state index in [1.54, 1.807) is 0 Å². The van der Waals surface area contributed by atoms with Crippen molar-refractivity contribution in [1.82, 2.24) is 5.32 Å². The lowest BCUT2D eigenvalue weighted by molar-refractivity contribution is 0.337. The molecule has 0 aliphatic rings. The zero-order valence-corrected chi connectivity index (χ0v) is 13.2. The molecule has 0 amide bonds. The van der Waals surface area contributed by atoms with Crippen LogP contribution >= 0.6 is 15.9 Å². The van der Waals surface area contributed by atoms with Crippen LogP contribution in [0.4, 0.5) is 0 Å². The minimum absolute atomic E-state index is 0.394. The van der Waals surface area contributed by atoms with E-state index in [1.807, 2.05) is 7.05 Å². The summed E-state index contributed by atoms with van der Waals surface area (Å²) in [6.45, 7) is 9.03. The Bertz CT molecular complexity index is 366. The molecule has 1 aromatic rings. The largest absolute Gasteiger partial charge is 0.313 e. The van der Waals surface area contributed by atoms with Crippen LogP contribution in [0.3, 0.4) is 0 Å². The van der Waals surface area contributed by atoms with Gasteiger partial charge < -0.3 is 5.32 Å². The van der Waals surface area contributed by atoms with Gasteiger partial charge in [0.1, 0.15) is 0 Å². The van der Waals surface area contributed by atoms with Crippen molar-refractivity contribution in [2.24, 2.45) is 5.41 Å². The molecule has 0 radical (unpaired) electrons. The van der Waals surface area contributed by atoms with E-state index in [-0.39, 0.29) is 0 Å². The first kappa shape index (κ1) is 14.7. The minimum Gasteiger partial charge on any atom is -0.313 e. The second kappa shape index (κ2) is 6.01. The SMILES string of the molecule is CNC(CCC(C)(C)C)c1cccc(C)c1Br. The molecular weight excluding hydrogens is 274 g/mol. The average Bonchev–Trinajstić information content (AvgIpc) is 2.23. The third-order valence-corrected chi connectivity index (χ3v) is 4.21. The predicted molar refractivity (Wildman–Crippen MR) is 79.4 cm³/mol. The lowest BCUT2D eigenvalue weighted by Crippen LogP contribution is -2.19. The van der Waals surface area contributed by atoms with Crippen LogP contribution in [0.15, 0.2) is 22.7 Å². The minimum atomic E-state index is 0.394. The summed E-state index contributed by atoms with van der Waals surface area (Å²) in [5, 5.41) is 3.43. The number of benzene rings is 1. The summed E-state index contributed by atoms with van der Waals surface area (Å²) in [6.07, 6.45) is 2.39. The van der Waals surface area contributed by atoms with Crippen LogP contribution in [0, 0.1) is 12.3 Å². The first-order valence-corrected chi connectivity index (χ1v) is 7.07. The van der Waals surface area contributed by atoms with Gasteiger partial charge in [0.15, 0.2) is 0 Å². The van der Waals surface area contributed by atoms with Crippen LogP contribution < -0.4 is 5.32 Å². The zero-order chi connectivity index (χ0) is 13.1. The second-order valence-electron chi connectivity index (χ2n) is 5.92. The van der Waals surface area contributed by atoms with Crippen molar-refractivity contribution >= 4 is 15.9 Å². The maximum Gasteiger partial charge on any atom is 0.0329 e. The summed E-state index contributed by atoms with van der Waals surface area (Å²) in [5.41, 5.74) is 3.07. The molecule has 0 bridgehead atoms. The van der Waals surface area contributed by atoms with E-state index in [0.29, 0.717) is 11.5 Å². The Morgan fingerprint density at radius 2 is 1.94 bits per heavy atom. The molecule has 0 aromatic heterocycles. The molecule has 1 unspecified atom stereocenters. The lowest BCUT2D eigenvalue weighted by atomic mass is 9.87. The Hall–Kier alpha value is -0.340. The first-order chi connectivity index (χ1) is 7.85. The van der Waals surface area contributed by atoms with Gasteiger partial charge in [-0.15, -0.1) is 0 Å². The highest BCUT2D eigenvalue weighted by molar-refractivity contribution is 9.10. The predicted octanol–water partition coefficient (Wildman–Crippen LogP) is 4.84. The Kier molecular flexibility index (Phi) is 5.21. The van der Waals surface area contributed by atoms with Crippen LogP contribution in [-0.2, 0) is 0 Å². The van der Waals surface area contributed by atoms with Crippen molar-refractivity contribution in [1.29, 1.82) is 0 Å². The molecule has 0 saturated heterocycles. The molecule has 17 heavy (non-hydrogen) atoms. The normalized spacial score (nSPS) is 13.8. The summed E-state index contributed by atoms with van der Waals surface area (Å²) in [5.74, 6) is 0. The first-order valence-electron chi connectivity index (χ1n) is 6.27. The number of halogens is 1. The molecule has 1 nitrogen and oxygen atoms in total. The van der Waals surface area contributed by atoms with Crippen molar-refractivity contribution in [3.63, 3.8) is 0 Å². The van der Waals surface area contributed by atoms with E-state index in [1.165, 1.54) is 28.4 Å². The van der Waals surface area contributed by atoms with Gasteiger partial charge in [0.2, 0.25) is 0 Å². The molecule has 1 atom stereocenters. The Morgan fingerprint density at radius 1 is 1.29 bits per heavy atom. The fraction of sp³-hybridized carbons (Fsp3) is 0.600. The highest BCUT2D eigenvalue weighted by Crippen LogP contribution is 2.32. The molecule has 0 fully saturated rings. The summed E-state index contributed by atoms with van der Waals surface area (Å²) in [7, 11) is 2.04. The van der Waals surface area contributed by atoms with Crippen LogP contribution in [0.5, 0.6) is 0 Å². The van der Waals surface area contributed by atoms with E-state index >= 15 is 0 Å². The van der Waals surface area contributed by atoms with E-state index in [9.17, 15) is 0 Å². The quantitative estimate of drug-likeness (QED) is 0.838. The number of nitrogens with one attached hydrogen (secondary N) is 1. The molecule has 1 rings (SSSR count). The molecule has 2 heteroatoms. The van der Waals surface area contributed by atoms with E-state index in [2.05, 4.69) is 67.1 Å². The lowest BCUT2D eigenvalue weighted by Gasteiger charge is -2.24.